The maximum Gasteiger partial charge on any atom is 0.365 e. The smallest absolute Gasteiger partial charge is 0.365 e. The quantitative estimate of drug-likeness (QED) is 0.131. The van der Waals surface area contributed by atoms with Gasteiger partial charge in [-0.15, -0.1) is 0 Å². The summed E-state index contributed by atoms with van der Waals surface area (Å²) in [6, 6.07) is -1.56. The van der Waals surface area contributed by atoms with Crippen LogP contribution in [0.5, 0.6) is 0 Å². The van der Waals surface area contributed by atoms with Gasteiger partial charge in [-0.2, -0.15) is 0 Å². The third-order valence-corrected chi connectivity index (χ3v) is 6.58. The van der Waals surface area contributed by atoms with E-state index in [4.69, 9.17) is 24.7 Å². The Morgan fingerprint density at radius 2 is 1.61 bits per heavy atom. The van der Waals surface area contributed by atoms with E-state index in [-0.39, 0.29) is 4.90 Å². The molecule has 9 N–H and O–H groups in total. The summed E-state index contributed by atoms with van der Waals surface area (Å²) in [5.41, 5.74) is 0. The predicted octanol–water partition coefficient (Wildman–Crippen LogP) is -3.80. The van der Waals surface area contributed by atoms with Gasteiger partial charge in [-0.1, -0.05) is 0 Å². The van der Waals surface area contributed by atoms with Gasteiger partial charge in [0.15, 0.2) is 12.5 Å². The zero-order chi connectivity index (χ0) is 25.5. The molecule has 18 nitrogen and oxygen atoms in total. The number of hydrogen-bond acceptors (Lipinski definition) is 10. The fraction of sp³-hybridized carbons (Fsp3) is 0.615. The van der Waals surface area contributed by atoms with Crippen LogP contribution in [0.4, 0.5) is 4.79 Å². The maximum atomic E-state index is 12.7. The lowest BCUT2D eigenvalue weighted by Gasteiger charge is -2.40. The summed E-state index contributed by atoms with van der Waals surface area (Å²) in [6.07, 6.45) is -8.05. The van der Waals surface area contributed by atoms with Crippen LogP contribution in [0.2, 0.25) is 0 Å². The topological polar surface area (TPSA) is 292 Å². The summed E-state index contributed by atoms with van der Waals surface area (Å²) in [5.74, 6) is -9.66. The molecule has 0 aromatic rings. The van der Waals surface area contributed by atoms with Crippen LogP contribution in [0.15, 0.2) is 12.3 Å². The molecule has 2 aliphatic heterocycles. The minimum Gasteiger partial charge on any atom is -0.479 e. The lowest BCUT2D eigenvalue weighted by Crippen LogP contribution is -2.59. The van der Waals surface area contributed by atoms with Crippen LogP contribution in [-0.2, 0) is 28.2 Å². The average Bonchev–Trinajstić information content (AvgIpc) is 2.91. The highest BCUT2D eigenvalue weighted by atomic mass is 31.2. The second kappa shape index (κ2) is 9.73. The van der Waals surface area contributed by atoms with Crippen molar-refractivity contribution in [2.24, 2.45) is 0 Å². The Morgan fingerprint density at radius 1 is 1.03 bits per heavy atom. The number of carboxylic acid groups (broad SMARTS) is 2. The summed E-state index contributed by atoms with van der Waals surface area (Å²) in [6.45, 7) is -0.991. The molecule has 0 saturated carbocycles. The first-order chi connectivity index (χ1) is 15.0. The molecule has 2 rings (SSSR count). The summed E-state index contributed by atoms with van der Waals surface area (Å²) in [4.78, 5) is 71.8. The highest BCUT2D eigenvalue weighted by Crippen LogP contribution is 2.45. The van der Waals surface area contributed by atoms with E-state index in [0.29, 0.717) is 11.0 Å². The van der Waals surface area contributed by atoms with Crippen molar-refractivity contribution in [1.82, 2.24) is 9.80 Å². The van der Waals surface area contributed by atoms with Crippen molar-refractivity contribution >= 4 is 33.2 Å². The maximum absolute atomic E-state index is 12.7. The number of aliphatic hydroxyl groups excluding tert-OH is 3. The first-order valence-corrected chi connectivity index (χ1v) is 12.0. The van der Waals surface area contributed by atoms with Crippen molar-refractivity contribution in [3.63, 3.8) is 0 Å². The lowest BCUT2D eigenvalue weighted by atomic mass is 10.1. The SMILES string of the molecule is O=C(O)C(OCC1OC(N2C=CC(O)N(C(C(=O)O)P(=O)(O)O)C2=O)C(O)C1O)P(=O)(O)O. The average molecular weight is 522 g/mol. The lowest BCUT2D eigenvalue weighted by molar-refractivity contribution is -0.150. The molecule has 7 unspecified atom stereocenters. The van der Waals surface area contributed by atoms with E-state index < -0.39 is 82.2 Å². The Balaban J connectivity index is 2.25. The molecule has 1 saturated heterocycles. The largest absolute Gasteiger partial charge is 0.479 e. The van der Waals surface area contributed by atoms with Gasteiger partial charge in [-0.3, -0.25) is 18.9 Å². The number of urea groups is 1. The number of aliphatic hydroxyl groups is 3. The number of hydrogen-bond donors (Lipinski definition) is 9. The Bertz CT molecular complexity index is 914. The van der Waals surface area contributed by atoms with E-state index in [1.54, 1.807) is 0 Å². The number of aliphatic carboxylic acids is 2. The van der Waals surface area contributed by atoms with Crippen LogP contribution < -0.4 is 0 Å². The second-order valence-electron chi connectivity index (χ2n) is 6.81. The van der Waals surface area contributed by atoms with Crippen LogP contribution in [0.3, 0.4) is 0 Å². The van der Waals surface area contributed by atoms with Crippen molar-refractivity contribution in [2.75, 3.05) is 6.61 Å². The Hall–Kier alpha value is -1.95. The molecular formula is C13H20N2O16P2. The minimum atomic E-state index is -5.54. The zero-order valence-corrected chi connectivity index (χ0v) is 17.9. The second-order valence-corrected chi connectivity index (χ2v) is 10.1. The van der Waals surface area contributed by atoms with Gasteiger partial charge < -0.3 is 54.6 Å². The standard InChI is InChI=1S/C13H20N2O16P2/c16-5-1-2-14(13(23)15(5)9(10(19)20)32(24,25)26)8-7(18)6(17)4(31-8)3-30-12(11(21)22)33(27,28)29/h1-2,4-9,12,16-18H,3H2,(H,19,20)(H,21,22)(H2,24,25,26)(H2,27,28,29). The molecule has 2 aliphatic rings. The normalized spacial score (nSPS) is 30.4. The Morgan fingerprint density at radius 3 is 2.06 bits per heavy atom. The van der Waals surface area contributed by atoms with Crippen LogP contribution in [0, 0.1) is 0 Å². The molecule has 20 heteroatoms. The number of ether oxygens (including phenoxy) is 2. The zero-order valence-electron chi connectivity index (χ0n) is 16.1. The Labute approximate surface area is 183 Å². The summed E-state index contributed by atoms with van der Waals surface area (Å²) in [5, 5.41) is 48.2. The van der Waals surface area contributed by atoms with Crippen molar-refractivity contribution in [1.29, 1.82) is 0 Å². The van der Waals surface area contributed by atoms with E-state index in [9.17, 15) is 48.6 Å². The van der Waals surface area contributed by atoms with E-state index >= 15 is 0 Å². The molecule has 0 spiro atoms. The number of nitrogens with zero attached hydrogens (tertiary/aromatic N) is 2. The fourth-order valence-electron chi connectivity index (χ4n) is 3.04. The number of rotatable bonds is 9. The van der Waals surface area contributed by atoms with E-state index in [1.165, 1.54) is 0 Å². The Kier molecular flexibility index (Phi) is 8.05. The first-order valence-electron chi connectivity index (χ1n) is 8.64. The number of carboxylic acids is 2. The van der Waals surface area contributed by atoms with Gasteiger partial charge in [0.25, 0.3) is 5.85 Å². The summed E-state index contributed by atoms with van der Waals surface area (Å²) >= 11 is 0. The number of carbonyl (C=O) groups is 3. The first kappa shape index (κ1) is 27.3. The van der Waals surface area contributed by atoms with Crippen molar-refractivity contribution in [2.45, 2.75) is 42.4 Å². The molecule has 0 bridgehead atoms. The summed E-state index contributed by atoms with van der Waals surface area (Å²) < 4.78 is 32.5. The third-order valence-electron chi connectivity index (χ3n) is 4.49. The summed E-state index contributed by atoms with van der Waals surface area (Å²) in [7, 11) is -10.8. The van der Waals surface area contributed by atoms with Crippen LogP contribution in [0.1, 0.15) is 0 Å². The van der Waals surface area contributed by atoms with Gasteiger partial charge in [0.05, 0.1) is 6.61 Å². The van der Waals surface area contributed by atoms with E-state index in [0.717, 1.165) is 6.20 Å². The molecule has 0 aromatic heterocycles. The van der Waals surface area contributed by atoms with Crippen molar-refractivity contribution in [3.8, 4) is 0 Å². The van der Waals surface area contributed by atoms with E-state index in [1.807, 2.05) is 0 Å². The highest BCUT2D eigenvalue weighted by Gasteiger charge is 2.53. The molecule has 2 heterocycles. The molecule has 2 amide bonds. The molecule has 0 aromatic carbocycles. The van der Waals surface area contributed by atoms with Crippen LogP contribution in [-0.4, -0.2) is 122 Å². The minimum absolute atomic E-state index is 0.107. The van der Waals surface area contributed by atoms with Crippen LogP contribution in [0.25, 0.3) is 0 Å². The number of carbonyl (C=O) groups excluding carboxylic acids is 1. The molecule has 7 atom stereocenters. The van der Waals surface area contributed by atoms with Gasteiger partial charge in [0, 0.05) is 6.20 Å². The highest BCUT2D eigenvalue weighted by molar-refractivity contribution is 7.53. The predicted molar refractivity (Wildman–Crippen MR) is 97.8 cm³/mol. The fourth-order valence-corrected chi connectivity index (χ4v) is 4.45. The molecule has 0 aliphatic carbocycles. The molecule has 33 heavy (non-hydrogen) atoms. The molecule has 0 radical (unpaired) electrons. The van der Waals surface area contributed by atoms with Gasteiger partial charge in [0.2, 0.25) is 5.78 Å². The number of amides is 2. The molecule has 188 valence electrons. The monoisotopic (exact) mass is 522 g/mol. The van der Waals surface area contributed by atoms with Gasteiger partial charge in [-0.05, 0) is 6.08 Å². The van der Waals surface area contributed by atoms with Gasteiger partial charge in [0.1, 0.15) is 18.3 Å². The molecule has 1 fully saturated rings. The molecular weight excluding hydrogens is 502 g/mol. The van der Waals surface area contributed by atoms with Crippen molar-refractivity contribution < 1.29 is 78.1 Å². The van der Waals surface area contributed by atoms with E-state index in [2.05, 4.69) is 4.74 Å². The van der Waals surface area contributed by atoms with Crippen LogP contribution >= 0.6 is 15.2 Å². The van der Waals surface area contributed by atoms with Crippen molar-refractivity contribution in [3.05, 3.63) is 12.3 Å². The third kappa shape index (κ3) is 5.76. The van der Waals surface area contributed by atoms with Gasteiger partial charge >= 0.3 is 33.2 Å². The van der Waals surface area contributed by atoms with Gasteiger partial charge in [-0.25, -0.2) is 14.4 Å².